The van der Waals surface area contributed by atoms with E-state index in [0.717, 1.165) is 6.42 Å². The maximum atomic E-state index is 8.85. The van der Waals surface area contributed by atoms with E-state index in [9.17, 15) is 0 Å². The van der Waals surface area contributed by atoms with Gasteiger partial charge in [-0.3, -0.25) is 0 Å². The van der Waals surface area contributed by atoms with Gasteiger partial charge in [-0.25, -0.2) is 0 Å². The molecule has 0 amide bonds. The van der Waals surface area contributed by atoms with Crippen LogP contribution in [-0.4, -0.2) is 17.8 Å². The summed E-state index contributed by atoms with van der Waals surface area (Å²) in [5.41, 5.74) is 5.13. The van der Waals surface area contributed by atoms with Crippen LogP contribution >= 0.6 is 0 Å². The average Bonchev–Trinajstić information content (AvgIpc) is 1.83. The van der Waals surface area contributed by atoms with E-state index in [2.05, 4.69) is 0 Å². The van der Waals surface area contributed by atoms with Crippen LogP contribution < -0.4 is 5.73 Å². The van der Waals surface area contributed by atoms with Crippen molar-refractivity contribution in [1.82, 2.24) is 0 Å². The molecule has 0 radical (unpaired) electrons. The van der Waals surface area contributed by atoms with Crippen LogP contribution in [0.1, 0.15) is 13.3 Å². The molecule has 0 rings (SSSR count). The fraction of sp³-hybridized carbons (Fsp3) is 0.667. The molecule has 8 heavy (non-hydrogen) atoms. The van der Waals surface area contributed by atoms with Crippen molar-refractivity contribution in [1.29, 1.82) is 0 Å². The van der Waals surface area contributed by atoms with E-state index < -0.39 is 0 Å². The lowest BCUT2D eigenvalue weighted by atomic mass is 10.2. The molecule has 0 bridgehead atoms. The van der Waals surface area contributed by atoms with Crippen LogP contribution in [0.25, 0.3) is 0 Å². The molecule has 0 aromatic rings. The highest BCUT2D eigenvalue weighted by Gasteiger charge is 1.88. The van der Waals surface area contributed by atoms with Gasteiger partial charge in [0, 0.05) is 6.54 Å². The number of hydrogen-bond acceptors (Lipinski definition) is 2. The lowest BCUT2D eigenvalue weighted by Crippen LogP contribution is -2.00. The molecule has 0 aromatic heterocycles. The molecule has 0 saturated heterocycles. The first-order chi connectivity index (χ1) is 3.81. The topological polar surface area (TPSA) is 46.2 Å². The Morgan fingerprint density at radius 2 is 2.38 bits per heavy atom. The standard InChI is InChI=1S/C6H13NO/c1-2-6(8)4-3-5-7/h3-4,6,8H,2,5,7H2,1H3/b4-3-. The average molecular weight is 115 g/mol. The maximum Gasteiger partial charge on any atom is 0.0718 e. The molecule has 2 heteroatoms. The number of aliphatic hydroxyl groups is 1. The van der Waals surface area contributed by atoms with Gasteiger partial charge in [-0.1, -0.05) is 19.1 Å². The molecule has 1 atom stereocenters. The van der Waals surface area contributed by atoms with E-state index in [1.165, 1.54) is 0 Å². The van der Waals surface area contributed by atoms with Gasteiger partial charge in [0.1, 0.15) is 0 Å². The smallest absolute Gasteiger partial charge is 0.0718 e. The van der Waals surface area contributed by atoms with Gasteiger partial charge < -0.3 is 10.8 Å². The van der Waals surface area contributed by atoms with Crippen molar-refractivity contribution in [2.45, 2.75) is 19.4 Å². The summed E-state index contributed by atoms with van der Waals surface area (Å²) in [7, 11) is 0. The van der Waals surface area contributed by atoms with Crippen LogP contribution in [0.4, 0.5) is 0 Å². The van der Waals surface area contributed by atoms with E-state index in [1.54, 1.807) is 12.2 Å². The van der Waals surface area contributed by atoms with E-state index >= 15 is 0 Å². The Morgan fingerprint density at radius 1 is 1.75 bits per heavy atom. The van der Waals surface area contributed by atoms with E-state index in [1.807, 2.05) is 6.92 Å². The van der Waals surface area contributed by atoms with Gasteiger partial charge >= 0.3 is 0 Å². The molecule has 1 unspecified atom stereocenters. The highest BCUT2D eigenvalue weighted by molar-refractivity contribution is 4.88. The Morgan fingerprint density at radius 3 is 2.75 bits per heavy atom. The molecule has 0 aromatic carbocycles. The second-order valence-corrected chi connectivity index (χ2v) is 1.64. The minimum absolute atomic E-state index is 0.307. The van der Waals surface area contributed by atoms with Gasteiger partial charge in [-0.2, -0.15) is 0 Å². The summed E-state index contributed by atoms with van der Waals surface area (Å²) in [6, 6.07) is 0. The van der Waals surface area contributed by atoms with Crippen LogP contribution in [0.2, 0.25) is 0 Å². The predicted octanol–water partition coefficient (Wildman–Crippen LogP) is 0.272. The Hall–Kier alpha value is -0.340. The van der Waals surface area contributed by atoms with Crippen molar-refractivity contribution in [3.63, 3.8) is 0 Å². The number of aliphatic hydroxyl groups excluding tert-OH is 1. The van der Waals surface area contributed by atoms with Crippen molar-refractivity contribution in [2.75, 3.05) is 6.54 Å². The molecule has 0 aliphatic carbocycles. The Bertz CT molecular complexity index is 70.9. The lowest BCUT2D eigenvalue weighted by Gasteiger charge is -1.96. The third-order valence-electron chi connectivity index (χ3n) is 0.913. The minimum atomic E-state index is -0.307. The highest BCUT2D eigenvalue weighted by atomic mass is 16.3. The summed E-state index contributed by atoms with van der Waals surface area (Å²) in [6.45, 7) is 2.43. The molecule has 2 nitrogen and oxygen atoms in total. The summed E-state index contributed by atoms with van der Waals surface area (Å²) in [6.07, 6.45) is 3.92. The summed E-state index contributed by atoms with van der Waals surface area (Å²) >= 11 is 0. The van der Waals surface area contributed by atoms with Crippen LogP contribution in [0.5, 0.6) is 0 Å². The number of hydrogen-bond donors (Lipinski definition) is 2. The van der Waals surface area contributed by atoms with E-state index in [-0.39, 0.29) is 6.10 Å². The molecule has 0 heterocycles. The zero-order chi connectivity index (χ0) is 6.41. The van der Waals surface area contributed by atoms with Crippen LogP contribution in [0, 0.1) is 0 Å². The quantitative estimate of drug-likeness (QED) is 0.519. The molecule has 0 saturated carbocycles. The summed E-state index contributed by atoms with van der Waals surface area (Å²) in [5, 5.41) is 8.85. The fourth-order valence-electron chi connectivity index (χ4n) is 0.372. The number of nitrogens with two attached hydrogens (primary N) is 1. The second kappa shape index (κ2) is 4.81. The van der Waals surface area contributed by atoms with Crippen molar-refractivity contribution in [3.05, 3.63) is 12.2 Å². The Labute approximate surface area is 50.0 Å². The minimum Gasteiger partial charge on any atom is -0.389 e. The van der Waals surface area contributed by atoms with Crippen molar-refractivity contribution >= 4 is 0 Å². The maximum absolute atomic E-state index is 8.85. The Balaban J connectivity index is 3.21. The second-order valence-electron chi connectivity index (χ2n) is 1.64. The molecule has 0 aliphatic heterocycles. The van der Waals surface area contributed by atoms with Crippen LogP contribution in [0.15, 0.2) is 12.2 Å². The molecule has 3 N–H and O–H groups in total. The van der Waals surface area contributed by atoms with Gasteiger partial charge in [-0.05, 0) is 6.42 Å². The first-order valence-corrected chi connectivity index (χ1v) is 2.86. The van der Waals surface area contributed by atoms with Gasteiger partial charge in [0.25, 0.3) is 0 Å². The number of rotatable bonds is 3. The summed E-state index contributed by atoms with van der Waals surface area (Å²) < 4.78 is 0. The van der Waals surface area contributed by atoms with Gasteiger partial charge in [0.2, 0.25) is 0 Å². The molecule has 0 aliphatic rings. The largest absolute Gasteiger partial charge is 0.389 e. The zero-order valence-electron chi connectivity index (χ0n) is 5.17. The third kappa shape index (κ3) is 3.84. The summed E-state index contributed by atoms with van der Waals surface area (Å²) in [5.74, 6) is 0. The molecule has 0 spiro atoms. The van der Waals surface area contributed by atoms with Crippen molar-refractivity contribution in [2.24, 2.45) is 5.73 Å². The van der Waals surface area contributed by atoms with E-state index in [4.69, 9.17) is 10.8 Å². The lowest BCUT2D eigenvalue weighted by molar-refractivity contribution is 0.219. The monoisotopic (exact) mass is 115 g/mol. The molecule has 48 valence electrons. The summed E-state index contributed by atoms with van der Waals surface area (Å²) in [4.78, 5) is 0. The predicted molar refractivity (Wildman–Crippen MR) is 34.5 cm³/mol. The van der Waals surface area contributed by atoms with Gasteiger partial charge in [0.15, 0.2) is 0 Å². The first-order valence-electron chi connectivity index (χ1n) is 2.86. The van der Waals surface area contributed by atoms with Crippen LogP contribution in [-0.2, 0) is 0 Å². The zero-order valence-corrected chi connectivity index (χ0v) is 5.17. The van der Waals surface area contributed by atoms with E-state index in [0.29, 0.717) is 6.54 Å². The first kappa shape index (κ1) is 7.66. The third-order valence-corrected chi connectivity index (χ3v) is 0.913. The molecular formula is C6H13NO. The SMILES string of the molecule is CCC(O)/C=C\CN. The molecule has 0 fully saturated rings. The van der Waals surface area contributed by atoms with Crippen molar-refractivity contribution < 1.29 is 5.11 Å². The molecular weight excluding hydrogens is 102 g/mol. The van der Waals surface area contributed by atoms with Crippen molar-refractivity contribution in [3.8, 4) is 0 Å². The fourth-order valence-corrected chi connectivity index (χ4v) is 0.372. The van der Waals surface area contributed by atoms with Crippen LogP contribution in [0.3, 0.4) is 0 Å². The van der Waals surface area contributed by atoms with Gasteiger partial charge in [0.05, 0.1) is 6.10 Å². The highest BCUT2D eigenvalue weighted by Crippen LogP contribution is 1.89. The normalized spacial score (nSPS) is 14.9. The van der Waals surface area contributed by atoms with Gasteiger partial charge in [-0.15, -0.1) is 0 Å². The Kier molecular flexibility index (Phi) is 4.61.